The van der Waals surface area contributed by atoms with Gasteiger partial charge in [0.05, 0.1) is 5.92 Å². The molecule has 0 saturated heterocycles. The molecule has 1 unspecified atom stereocenters. The average Bonchev–Trinajstić information content (AvgIpc) is 2.45. The predicted octanol–water partition coefficient (Wildman–Crippen LogP) is 2.64. The van der Waals surface area contributed by atoms with Crippen LogP contribution in [0.15, 0.2) is 24.3 Å². The molecular formula is C16H23NO4. The van der Waals surface area contributed by atoms with Crippen LogP contribution >= 0.6 is 0 Å². The van der Waals surface area contributed by atoms with Crippen molar-refractivity contribution in [1.29, 1.82) is 0 Å². The molecule has 0 aliphatic rings. The van der Waals surface area contributed by atoms with Gasteiger partial charge in [-0.05, 0) is 44.4 Å². The number of carboxylic acid groups (broad SMARTS) is 2. The minimum Gasteiger partial charge on any atom is -0.481 e. The van der Waals surface area contributed by atoms with Gasteiger partial charge in [-0.1, -0.05) is 12.1 Å². The first kappa shape index (κ1) is 17.0. The SMILES string of the molecule is CCN(CC)c1ccc(CC(CCC(=O)O)C(=O)O)cc1. The zero-order valence-electron chi connectivity index (χ0n) is 12.6. The molecule has 0 aliphatic heterocycles. The monoisotopic (exact) mass is 293 g/mol. The fourth-order valence-electron chi connectivity index (χ4n) is 2.33. The lowest BCUT2D eigenvalue weighted by Crippen LogP contribution is -2.21. The van der Waals surface area contributed by atoms with Crippen molar-refractivity contribution >= 4 is 17.6 Å². The van der Waals surface area contributed by atoms with E-state index in [0.29, 0.717) is 6.42 Å². The van der Waals surface area contributed by atoms with Gasteiger partial charge in [0.25, 0.3) is 0 Å². The summed E-state index contributed by atoms with van der Waals surface area (Å²) in [4.78, 5) is 24.0. The van der Waals surface area contributed by atoms with Crippen LogP contribution in [0.25, 0.3) is 0 Å². The van der Waals surface area contributed by atoms with Crippen molar-refractivity contribution in [3.8, 4) is 0 Å². The summed E-state index contributed by atoms with van der Waals surface area (Å²) < 4.78 is 0. The van der Waals surface area contributed by atoms with Gasteiger partial charge in [-0.25, -0.2) is 0 Å². The van der Waals surface area contributed by atoms with Gasteiger partial charge in [-0.15, -0.1) is 0 Å². The second-order valence-electron chi connectivity index (χ2n) is 5.01. The molecule has 0 aliphatic carbocycles. The van der Waals surface area contributed by atoms with Crippen LogP contribution in [0.4, 0.5) is 5.69 Å². The third kappa shape index (κ3) is 5.45. The van der Waals surface area contributed by atoms with Crippen molar-refractivity contribution in [3.63, 3.8) is 0 Å². The molecule has 116 valence electrons. The van der Waals surface area contributed by atoms with Gasteiger partial charge in [0, 0.05) is 25.2 Å². The van der Waals surface area contributed by atoms with E-state index >= 15 is 0 Å². The summed E-state index contributed by atoms with van der Waals surface area (Å²) in [5, 5.41) is 17.8. The van der Waals surface area contributed by atoms with Crippen molar-refractivity contribution in [1.82, 2.24) is 0 Å². The minimum absolute atomic E-state index is 0.117. The number of nitrogens with zero attached hydrogens (tertiary/aromatic N) is 1. The van der Waals surface area contributed by atoms with E-state index in [2.05, 4.69) is 18.7 Å². The van der Waals surface area contributed by atoms with Crippen molar-refractivity contribution in [3.05, 3.63) is 29.8 Å². The van der Waals surface area contributed by atoms with E-state index in [1.807, 2.05) is 24.3 Å². The van der Waals surface area contributed by atoms with E-state index in [1.54, 1.807) is 0 Å². The number of benzene rings is 1. The number of carbonyl (C=O) groups is 2. The predicted molar refractivity (Wildman–Crippen MR) is 81.7 cm³/mol. The van der Waals surface area contributed by atoms with Crippen LogP contribution in [-0.2, 0) is 16.0 Å². The van der Waals surface area contributed by atoms with Gasteiger partial charge < -0.3 is 15.1 Å². The standard InChI is InChI=1S/C16H23NO4/c1-3-17(4-2)14-8-5-12(6-9-14)11-13(16(20)21)7-10-15(18)19/h5-6,8-9,13H,3-4,7,10-11H2,1-2H3,(H,18,19)(H,20,21). The average molecular weight is 293 g/mol. The fourth-order valence-corrected chi connectivity index (χ4v) is 2.33. The zero-order chi connectivity index (χ0) is 15.8. The maximum absolute atomic E-state index is 11.2. The largest absolute Gasteiger partial charge is 0.481 e. The van der Waals surface area contributed by atoms with Gasteiger partial charge in [-0.2, -0.15) is 0 Å². The number of hydrogen-bond acceptors (Lipinski definition) is 3. The maximum atomic E-state index is 11.2. The number of rotatable bonds is 9. The molecule has 0 fully saturated rings. The Morgan fingerprint density at radius 3 is 2.10 bits per heavy atom. The molecule has 1 aromatic rings. The normalized spacial score (nSPS) is 11.9. The molecule has 5 heteroatoms. The summed E-state index contributed by atoms with van der Waals surface area (Å²) in [5.41, 5.74) is 2.03. The Kier molecular flexibility index (Phi) is 6.72. The quantitative estimate of drug-likeness (QED) is 0.732. The molecule has 1 atom stereocenters. The first-order valence-electron chi connectivity index (χ1n) is 7.26. The molecule has 0 radical (unpaired) electrons. The number of anilines is 1. The van der Waals surface area contributed by atoms with Crippen molar-refractivity contribution in [2.75, 3.05) is 18.0 Å². The first-order chi connectivity index (χ1) is 9.97. The lowest BCUT2D eigenvalue weighted by atomic mass is 9.95. The second kappa shape index (κ2) is 8.29. The van der Waals surface area contributed by atoms with Crippen LogP contribution in [0.2, 0.25) is 0 Å². The summed E-state index contributed by atoms with van der Waals surface area (Å²) in [7, 11) is 0. The molecule has 1 aromatic carbocycles. The van der Waals surface area contributed by atoms with Gasteiger partial charge in [0.1, 0.15) is 0 Å². The highest BCUT2D eigenvalue weighted by molar-refractivity contribution is 5.72. The number of hydrogen-bond donors (Lipinski definition) is 2. The molecule has 5 nitrogen and oxygen atoms in total. The van der Waals surface area contributed by atoms with Gasteiger partial charge in [0.15, 0.2) is 0 Å². The van der Waals surface area contributed by atoms with Crippen LogP contribution in [0, 0.1) is 5.92 Å². The third-order valence-corrected chi connectivity index (χ3v) is 3.60. The van der Waals surface area contributed by atoms with Crippen molar-refractivity contribution < 1.29 is 19.8 Å². The Hall–Kier alpha value is -2.04. The van der Waals surface area contributed by atoms with E-state index < -0.39 is 17.9 Å². The highest BCUT2D eigenvalue weighted by Crippen LogP contribution is 2.19. The smallest absolute Gasteiger partial charge is 0.306 e. The molecule has 21 heavy (non-hydrogen) atoms. The summed E-state index contributed by atoms with van der Waals surface area (Å²) >= 11 is 0. The molecule has 0 amide bonds. The Bertz CT molecular complexity index is 466. The molecule has 0 spiro atoms. The molecule has 2 N–H and O–H groups in total. The van der Waals surface area contributed by atoms with E-state index in [0.717, 1.165) is 24.3 Å². The van der Waals surface area contributed by atoms with Crippen LogP contribution in [0.5, 0.6) is 0 Å². The lowest BCUT2D eigenvalue weighted by Gasteiger charge is -2.21. The summed E-state index contributed by atoms with van der Waals surface area (Å²) in [6, 6.07) is 7.81. The van der Waals surface area contributed by atoms with Gasteiger partial charge in [-0.3, -0.25) is 9.59 Å². The highest BCUT2D eigenvalue weighted by atomic mass is 16.4. The Morgan fingerprint density at radius 2 is 1.67 bits per heavy atom. The van der Waals surface area contributed by atoms with Gasteiger partial charge in [0.2, 0.25) is 0 Å². The lowest BCUT2D eigenvalue weighted by molar-refractivity contribution is -0.142. The highest BCUT2D eigenvalue weighted by Gasteiger charge is 2.19. The molecule has 0 saturated carbocycles. The molecule has 1 rings (SSSR count). The van der Waals surface area contributed by atoms with Crippen molar-refractivity contribution in [2.24, 2.45) is 5.92 Å². The van der Waals surface area contributed by atoms with E-state index in [1.165, 1.54) is 0 Å². The topological polar surface area (TPSA) is 77.8 Å². The summed E-state index contributed by atoms with van der Waals surface area (Å²) in [6.07, 6.45) is 0.401. The molecule has 0 aromatic heterocycles. The van der Waals surface area contributed by atoms with Crippen LogP contribution in [0.1, 0.15) is 32.3 Å². The number of carboxylic acids is 2. The molecule has 0 bridgehead atoms. The Morgan fingerprint density at radius 1 is 1.10 bits per heavy atom. The van der Waals surface area contributed by atoms with E-state index in [4.69, 9.17) is 10.2 Å². The van der Waals surface area contributed by atoms with Crippen LogP contribution < -0.4 is 4.90 Å². The van der Waals surface area contributed by atoms with Gasteiger partial charge >= 0.3 is 11.9 Å². The second-order valence-corrected chi connectivity index (χ2v) is 5.01. The summed E-state index contributed by atoms with van der Waals surface area (Å²) in [5.74, 6) is -2.55. The van der Waals surface area contributed by atoms with E-state index in [9.17, 15) is 9.59 Å². The van der Waals surface area contributed by atoms with E-state index in [-0.39, 0.29) is 12.8 Å². The Labute approximate surface area is 125 Å². The molecule has 0 heterocycles. The molecular weight excluding hydrogens is 270 g/mol. The zero-order valence-corrected chi connectivity index (χ0v) is 12.6. The number of aliphatic carboxylic acids is 2. The fraction of sp³-hybridized carbons (Fsp3) is 0.500. The van der Waals surface area contributed by atoms with Crippen LogP contribution in [0.3, 0.4) is 0 Å². The Balaban J connectivity index is 2.71. The maximum Gasteiger partial charge on any atom is 0.306 e. The summed E-state index contributed by atoms with van der Waals surface area (Å²) in [6.45, 7) is 6.02. The minimum atomic E-state index is -0.960. The van der Waals surface area contributed by atoms with Crippen molar-refractivity contribution in [2.45, 2.75) is 33.1 Å². The van der Waals surface area contributed by atoms with Crippen LogP contribution in [-0.4, -0.2) is 35.2 Å². The first-order valence-corrected chi connectivity index (χ1v) is 7.26. The third-order valence-electron chi connectivity index (χ3n) is 3.60.